The van der Waals surface area contributed by atoms with E-state index in [-0.39, 0.29) is 5.83 Å². The quantitative estimate of drug-likeness (QED) is 0.496. The largest absolute Gasteiger partial charge is 0.207 e. The van der Waals surface area contributed by atoms with E-state index in [2.05, 4.69) is 6.58 Å². The van der Waals surface area contributed by atoms with Crippen LogP contribution in [0.25, 0.3) is 0 Å². The van der Waals surface area contributed by atoms with E-state index < -0.39 is 0 Å². The summed E-state index contributed by atoms with van der Waals surface area (Å²) in [5, 5.41) is 0. The standard InChI is InChI=1S/C6H9F.2C2H6/c1-4-6(7)5(2)3;2*1-2/h4H,1H2,2-3H3;2*1-2H3. The Kier molecular flexibility index (Phi) is 24.7. The molecule has 0 aliphatic heterocycles. The number of hydrogen-bond donors (Lipinski definition) is 0. The van der Waals surface area contributed by atoms with Gasteiger partial charge in [-0.05, 0) is 25.5 Å². The van der Waals surface area contributed by atoms with E-state index in [1.54, 1.807) is 13.8 Å². The second kappa shape index (κ2) is 16.2. The molecule has 0 aromatic heterocycles. The Hall–Kier alpha value is -0.590. The molecule has 0 spiro atoms. The first-order chi connectivity index (χ1) is 5.18. The number of halogens is 1. The van der Waals surface area contributed by atoms with Crippen molar-refractivity contribution in [3.05, 3.63) is 24.1 Å². The van der Waals surface area contributed by atoms with Crippen LogP contribution >= 0.6 is 0 Å². The summed E-state index contributed by atoms with van der Waals surface area (Å²) in [5.41, 5.74) is 0.676. The van der Waals surface area contributed by atoms with Gasteiger partial charge in [0.1, 0.15) is 5.83 Å². The number of rotatable bonds is 1. The van der Waals surface area contributed by atoms with Crippen LogP contribution in [0.4, 0.5) is 4.39 Å². The highest BCUT2D eigenvalue weighted by Gasteiger charge is 1.84. The number of hydrogen-bond acceptors (Lipinski definition) is 0. The van der Waals surface area contributed by atoms with Crippen LogP contribution in [0.15, 0.2) is 24.1 Å². The molecule has 0 unspecified atom stereocenters. The topological polar surface area (TPSA) is 0 Å². The van der Waals surface area contributed by atoms with E-state index in [0.29, 0.717) is 5.57 Å². The molecule has 0 fully saturated rings. The summed E-state index contributed by atoms with van der Waals surface area (Å²) in [6.45, 7) is 14.7. The van der Waals surface area contributed by atoms with Gasteiger partial charge in [0.15, 0.2) is 0 Å². The van der Waals surface area contributed by atoms with Gasteiger partial charge in [0.25, 0.3) is 0 Å². The summed E-state index contributed by atoms with van der Waals surface area (Å²) in [7, 11) is 0. The van der Waals surface area contributed by atoms with Gasteiger partial charge in [-0.15, -0.1) is 0 Å². The average molecular weight is 160 g/mol. The van der Waals surface area contributed by atoms with Crippen LogP contribution < -0.4 is 0 Å². The minimum Gasteiger partial charge on any atom is -0.207 e. The third-order valence-corrected chi connectivity index (χ3v) is 0.657. The molecule has 0 aromatic carbocycles. The van der Waals surface area contributed by atoms with E-state index in [4.69, 9.17) is 0 Å². The fourth-order valence-corrected chi connectivity index (χ4v) is 0.204. The first-order valence-electron chi connectivity index (χ1n) is 4.14. The Morgan fingerprint density at radius 2 is 1.36 bits per heavy atom. The SMILES string of the molecule is C=CC(F)=C(C)C.CC.CC. The molecule has 0 amide bonds. The predicted molar refractivity (Wildman–Crippen MR) is 52.4 cm³/mol. The van der Waals surface area contributed by atoms with Crippen molar-refractivity contribution in [1.82, 2.24) is 0 Å². The van der Waals surface area contributed by atoms with Gasteiger partial charge in [-0.1, -0.05) is 34.3 Å². The first kappa shape index (κ1) is 16.8. The lowest BCUT2D eigenvalue weighted by atomic mass is 10.3. The highest BCUT2D eigenvalue weighted by atomic mass is 19.1. The third-order valence-electron chi connectivity index (χ3n) is 0.657. The highest BCUT2D eigenvalue weighted by Crippen LogP contribution is 2.03. The Morgan fingerprint density at radius 3 is 1.36 bits per heavy atom. The molecule has 0 N–H and O–H groups in total. The lowest BCUT2D eigenvalue weighted by molar-refractivity contribution is 0.655. The van der Waals surface area contributed by atoms with E-state index >= 15 is 0 Å². The first-order valence-corrected chi connectivity index (χ1v) is 4.14. The van der Waals surface area contributed by atoms with Gasteiger partial charge in [0, 0.05) is 0 Å². The molecular formula is C10H21F. The summed E-state index contributed by atoms with van der Waals surface area (Å²) in [4.78, 5) is 0. The molecular weight excluding hydrogens is 139 g/mol. The minimum atomic E-state index is -0.222. The van der Waals surface area contributed by atoms with Gasteiger partial charge in [0.2, 0.25) is 0 Å². The third kappa shape index (κ3) is 17.7. The van der Waals surface area contributed by atoms with Crippen molar-refractivity contribution in [2.45, 2.75) is 41.5 Å². The fourth-order valence-electron chi connectivity index (χ4n) is 0.204. The summed E-state index contributed by atoms with van der Waals surface area (Å²) >= 11 is 0. The van der Waals surface area contributed by atoms with Crippen LogP contribution in [0.2, 0.25) is 0 Å². The normalized spacial score (nSPS) is 6.09. The van der Waals surface area contributed by atoms with E-state index in [9.17, 15) is 4.39 Å². The molecule has 0 saturated carbocycles. The maximum Gasteiger partial charge on any atom is 0.121 e. The fraction of sp³-hybridized carbons (Fsp3) is 0.600. The van der Waals surface area contributed by atoms with Gasteiger partial charge in [-0.3, -0.25) is 0 Å². The molecule has 0 radical (unpaired) electrons. The molecule has 0 rings (SSSR count). The molecule has 0 saturated heterocycles. The Bertz CT molecular complexity index is 97.4. The smallest absolute Gasteiger partial charge is 0.121 e. The Morgan fingerprint density at radius 1 is 1.09 bits per heavy atom. The summed E-state index contributed by atoms with van der Waals surface area (Å²) < 4.78 is 12.0. The average Bonchev–Trinajstić information content (AvgIpc) is 2.10. The molecule has 1 heteroatoms. The summed E-state index contributed by atoms with van der Waals surface area (Å²) in [5.74, 6) is -0.222. The van der Waals surface area contributed by atoms with Crippen LogP contribution in [0.5, 0.6) is 0 Å². The number of allylic oxidation sites excluding steroid dienone is 3. The van der Waals surface area contributed by atoms with Crippen molar-refractivity contribution in [2.75, 3.05) is 0 Å². The van der Waals surface area contributed by atoms with Crippen LogP contribution in [0.3, 0.4) is 0 Å². The van der Waals surface area contributed by atoms with Crippen molar-refractivity contribution in [2.24, 2.45) is 0 Å². The van der Waals surface area contributed by atoms with Crippen molar-refractivity contribution in [3.63, 3.8) is 0 Å². The minimum absolute atomic E-state index is 0.222. The second-order valence-corrected chi connectivity index (χ2v) is 1.55. The van der Waals surface area contributed by atoms with Crippen LogP contribution in [-0.4, -0.2) is 0 Å². The highest BCUT2D eigenvalue weighted by molar-refractivity contribution is 5.13. The van der Waals surface area contributed by atoms with Gasteiger partial charge in [-0.25, -0.2) is 4.39 Å². The van der Waals surface area contributed by atoms with Gasteiger partial charge in [0.05, 0.1) is 0 Å². The van der Waals surface area contributed by atoms with Crippen molar-refractivity contribution in [3.8, 4) is 0 Å². The maximum atomic E-state index is 12.0. The van der Waals surface area contributed by atoms with E-state index in [1.165, 1.54) is 6.08 Å². The monoisotopic (exact) mass is 160 g/mol. The zero-order chi connectivity index (χ0) is 9.86. The Balaban J connectivity index is -0.000000138. The Labute approximate surface area is 70.8 Å². The van der Waals surface area contributed by atoms with E-state index in [1.807, 2.05) is 27.7 Å². The zero-order valence-corrected chi connectivity index (χ0v) is 8.66. The molecule has 0 aromatic rings. The van der Waals surface area contributed by atoms with Crippen molar-refractivity contribution < 1.29 is 4.39 Å². The van der Waals surface area contributed by atoms with Crippen LogP contribution in [0, 0.1) is 0 Å². The van der Waals surface area contributed by atoms with Gasteiger partial charge < -0.3 is 0 Å². The molecule has 0 atom stereocenters. The lowest BCUT2D eigenvalue weighted by Gasteiger charge is -1.85. The molecule has 0 bridgehead atoms. The second-order valence-electron chi connectivity index (χ2n) is 1.55. The van der Waals surface area contributed by atoms with Gasteiger partial charge in [-0.2, -0.15) is 0 Å². The van der Waals surface area contributed by atoms with Gasteiger partial charge >= 0.3 is 0 Å². The maximum absolute atomic E-state index is 12.0. The molecule has 0 heterocycles. The molecule has 68 valence electrons. The zero-order valence-electron chi connectivity index (χ0n) is 8.66. The van der Waals surface area contributed by atoms with Crippen LogP contribution in [0.1, 0.15) is 41.5 Å². The molecule has 0 aliphatic rings. The summed E-state index contributed by atoms with van der Waals surface area (Å²) in [6, 6.07) is 0. The predicted octanol–water partition coefficient (Wildman–Crippen LogP) is 4.49. The molecule has 0 nitrogen and oxygen atoms in total. The van der Waals surface area contributed by atoms with Crippen molar-refractivity contribution >= 4 is 0 Å². The molecule has 0 aliphatic carbocycles. The van der Waals surface area contributed by atoms with E-state index in [0.717, 1.165) is 0 Å². The summed E-state index contributed by atoms with van der Waals surface area (Å²) in [6.07, 6.45) is 1.20. The van der Waals surface area contributed by atoms with Crippen LogP contribution in [-0.2, 0) is 0 Å². The lowest BCUT2D eigenvalue weighted by Crippen LogP contribution is -1.67. The van der Waals surface area contributed by atoms with Crippen molar-refractivity contribution in [1.29, 1.82) is 0 Å². The molecule has 11 heavy (non-hydrogen) atoms.